The van der Waals surface area contributed by atoms with Gasteiger partial charge in [-0.25, -0.2) is 8.78 Å². The van der Waals surface area contributed by atoms with Crippen molar-refractivity contribution in [3.8, 4) is 17.2 Å². The highest BCUT2D eigenvalue weighted by Crippen LogP contribution is 2.38. The molecule has 0 aliphatic carbocycles. The van der Waals surface area contributed by atoms with Gasteiger partial charge in [-0.1, -0.05) is 0 Å². The van der Waals surface area contributed by atoms with Gasteiger partial charge in [0, 0.05) is 24.9 Å². The molecule has 6 nitrogen and oxygen atoms in total. The van der Waals surface area contributed by atoms with Crippen LogP contribution in [0.3, 0.4) is 0 Å². The first-order valence-electron chi connectivity index (χ1n) is 9.57. The minimum absolute atomic E-state index is 0.114. The SMILES string of the molecule is CC(=O)c1cc(NC(=O)c2c(Oc3ccc(OC(F)(F)F)cc3F)ccc(C(F)(F)F)c2F)ccn1. The molecule has 0 bridgehead atoms. The number of halogens is 8. The highest BCUT2D eigenvalue weighted by Gasteiger charge is 2.37. The number of anilines is 1. The van der Waals surface area contributed by atoms with Crippen LogP contribution in [-0.4, -0.2) is 23.0 Å². The van der Waals surface area contributed by atoms with Gasteiger partial charge in [-0.3, -0.25) is 14.6 Å². The van der Waals surface area contributed by atoms with Crippen molar-refractivity contribution in [3.05, 3.63) is 77.1 Å². The van der Waals surface area contributed by atoms with Gasteiger partial charge in [0.25, 0.3) is 5.91 Å². The molecule has 1 aromatic heterocycles. The Bertz CT molecular complexity index is 1320. The van der Waals surface area contributed by atoms with Crippen LogP contribution in [0, 0.1) is 11.6 Å². The number of carbonyl (C=O) groups is 2. The summed E-state index contributed by atoms with van der Waals surface area (Å²) in [4.78, 5) is 27.9. The predicted octanol–water partition coefficient (Wildman–Crippen LogP) is 6.52. The van der Waals surface area contributed by atoms with Crippen molar-refractivity contribution in [2.75, 3.05) is 5.32 Å². The van der Waals surface area contributed by atoms with Gasteiger partial charge in [-0.05, 0) is 36.4 Å². The zero-order chi connectivity index (χ0) is 26.8. The van der Waals surface area contributed by atoms with Crippen LogP contribution < -0.4 is 14.8 Å². The lowest BCUT2D eigenvalue weighted by molar-refractivity contribution is -0.274. The van der Waals surface area contributed by atoms with Crippen molar-refractivity contribution in [1.82, 2.24) is 4.98 Å². The number of carbonyl (C=O) groups excluding carboxylic acids is 2. The van der Waals surface area contributed by atoms with Crippen LogP contribution in [0.25, 0.3) is 0 Å². The van der Waals surface area contributed by atoms with Crippen molar-refractivity contribution >= 4 is 17.4 Å². The molecule has 0 saturated heterocycles. The quantitative estimate of drug-likeness (QED) is 0.296. The Balaban J connectivity index is 2.02. The number of ether oxygens (including phenoxy) is 2. The molecule has 190 valence electrons. The van der Waals surface area contributed by atoms with Gasteiger partial charge in [-0.2, -0.15) is 13.2 Å². The third kappa shape index (κ3) is 6.25. The van der Waals surface area contributed by atoms with E-state index in [2.05, 4.69) is 15.0 Å². The van der Waals surface area contributed by atoms with Crippen molar-refractivity contribution in [3.63, 3.8) is 0 Å². The number of hydrogen-bond acceptors (Lipinski definition) is 5. The van der Waals surface area contributed by atoms with Crippen LogP contribution in [0.2, 0.25) is 0 Å². The number of benzene rings is 2. The van der Waals surface area contributed by atoms with E-state index in [4.69, 9.17) is 4.74 Å². The number of Topliss-reactive ketones (excluding diaryl/α,β-unsaturated/α-hetero) is 1. The third-order valence-electron chi connectivity index (χ3n) is 4.37. The molecule has 14 heteroatoms. The maximum atomic E-state index is 14.9. The molecule has 36 heavy (non-hydrogen) atoms. The number of rotatable bonds is 6. The summed E-state index contributed by atoms with van der Waals surface area (Å²) in [7, 11) is 0. The maximum absolute atomic E-state index is 14.9. The Morgan fingerprint density at radius 2 is 1.58 bits per heavy atom. The molecular weight excluding hydrogens is 508 g/mol. The Morgan fingerprint density at radius 1 is 0.917 bits per heavy atom. The van der Waals surface area contributed by atoms with E-state index in [1.807, 2.05) is 0 Å². The first-order valence-corrected chi connectivity index (χ1v) is 9.57. The van der Waals surface area contributed by atoms with Crippen LogP contribution in [0.5, 0.6) is 17.2 Å². The van der Waals surface area contributed by atoms with E-state index < -0.39 is 64.2 Å². The molecule has 1 N–H and O–H groups in total. The fourth-order valence-electron chi connectivity index (χ4n) is 2.85. The smallest absolute Gasteiger partial charge is 0.453 e. The minimum atomic E-state index is -5.22. The molecule has 0 fully saturated rings. The second kappa shape index (κ2) is 9.79. The van der Waals surface area contributed by atoms with Gasteiger partial charge in [0.15, 0.2) is 23.2 Å². The summed E-state index contributed by atoms with van der Waals surface area (Å²) < 4.78 is 114. The Hall–Kier alpha value is -4.23. The molecule has 0 atom stereocenters. The summed E-state index contributed by atoms with van der Waals surface area (Å²) in [5.41, 5.74) is -3.38. The van der Waals surface area contributed by atoms with Crippen LogP contribution >= 0.6 is 0 Å². The minimum Gasteiger partial charge on any atom is -0.453 e. The zero-order valence-corrected chi connectivity index (χ0v) is 17.7. The third-order valence-corrected chi connectivity index (χ3v) is 4.37. The molecule has 2 aromatic carbocycles. The van der Waals surface area contributed by atoms with Gasteiger partial charge in [0.2, 0.25) is 0 Å². The molecule has 3 rings (SSSR count). The fraction of sp³-hybridized carbons (Fsp3) is 0.136. The number of pyridine rings is 1. The summed E-state index contributed by atoms with van der Waals surface area (Å²) in [6, 6.07) is 4.54. The van der Waals surface area contributed by atoms with E-state index in [-0.39, 0.29) is 23.5 Å². The van der Waals surface area contributed by atoms with Crippen molar-refractivity contribution in [2.24, 2.45) is 0 Å². The van der Waals surface area contributed by atoms with Gasteiger partial charge < -0.3 is 14.8 Å². The van der Waals surface area contributed by atoms with Crippen molar-refractivity contribution < 1.29 is 54.2 Å². The molecule has 0 aliphatic heterocycles. The van der Waals surface area contributed by atoms with E-state index in [0.717, 1.165) is 25.3 Å². The van der Waals surface area contributed by atoms with E-state index in [1.165, 1.54) is 0 Å². The summed E-state index contributed by atoms with van der Waals surface area (Å²) in [6.07, 6.45) is -9.25. The second-order valence-corrected chi connectivity index (χ2v) is 6.98. The number of hydrogen-bond donors (Lipinski definition) is 1. The molecule has 3 aromatic rings. The average molecular weight is 520 g/mol. The second-order valence-electron chi connectivity index (χ2n) is 6.98. The monoisotopic (exact) mass is 520 g/mol. The van der Waals surface area contributed by atoms with Crippen molar-refractivity contribution in [1.29, 1.82) is 0 Å². The molecular formula is C22H12F8N2O4. The average Bonchev–Trinajstić information content (AvgIpc) is 2.73. The number of nitrogens with one attached hydrogen (secondary N) is 1. The van der Waals surface area contributed by atoms with E-state index in [0.29, 0.717) is 18.2 Å². The van der Waals surface area contributed by atoms with Crippen molar-refractivity contribution in [2.45, 2.75) is 19.5 Å². The number of aromatic nitrogens is 1. The summed E-state index contributed by atoms with van der Waals surface area (Å²) in [5, 5.41) is 2.09. The lowest BCUT2D eigenvalue weighted by Crippen LogP contribution is -2.19. The summed E-state index contributed by atoms with van der Waals surface area (Å²) in [5.74, 6) is -8.19. The standard InChI is InChI=1S/C22H12F8N2O4/c1-10(33)15-8-11(6-7-31-15)32-20(34)18-17(5-3-13(19(18)24)21(25,26)27)35-16-4-2-12(9-14(16)23)36-22(28,29)30/h2-9H,1H3,(H,31,32,34). The van der Waals surface area contributed by atoms with E-state index in [1.54, 1.807) is 0 Å². The van der Waals surface area contributed by atoms with Gasteiger partial charge in [0.1, 0.15) is 22.8 Å². The van der Waals surface area contributed by atoms with Gasteiger partial charge in [0.05, 0.1) is 5.56 Å². The summed E-state index contributed by atoms with van der Waals surface area (Å²) >= 11 is 0. The highest BCUT2D eigenvalue weighted by atomic mass is 19.4. The molecule has 0 aliphatic rings. The number of nitrogens with zero attached hydrogens (tertiary/aromatic N) is 1. The molecule has 0 radical (unpaired) electrons. The first kappa shape index (κ1) is 26.4. The maximum Gasteiger partial charge on any atom is 0.573 e. The number of amides is 1. The molecule has 1 amide bonds. The summed E-state index contributed by atoms with van der Waals surface area (Å²) in [6.45, 7) is 1.16. The Morgan fingerprint density at radius 3 is 2.17 bits per heavy atom. The van der Waals surface area contributed by atoms with E-state index >= 15 is 0 Å². The Labute approximate surface area is 196 Å². The molecule has 0 unspecified atom stereocenters. The molecule has 0 saturated carbocycles. The predicted molar refractivity (Wildman–Crippen MR) is 107 cm³/mol. The normalized spacial score (nSPS) is 11.7. The largest absolute Gasteiger partial charge is 0.573 e. The zero-order valence-electron chi connectivity index (χ0n) is 17.7. The first-order chi connectivity index (χ1) is 16.7. The fourth-order valence-corrected chi connectivity index (χ4v) is 2.85. The molecule has 0 spiro atoms. The lowest BCUT2D eigenvalue weighted by Gasteiger charge is -2.17. The molecule has 1 heterocycles. The topological polar surface area (TPSA) is 77.5 Å². The van der Waals surface area contributed by atoms with Gasteiger partial charge in [-0.15, -0.1) is 13.2 Å². The number of alkyl halides is 6. The van der Waals surface area contributed by atoms with Crippen LogP contribution in [-0.2, 0) is 6.18 Å². The van der Waals surface area contributed by atoms with Crippen LogP contribution in [0.1, 0.15) is 33.3 Å². The number of ketones is 1. The van der Waals surface area contributed by atoms with Crippen LogP contribution in [0.4, 0.5) is 40.8 Å². The van der Waals surface area contributed by atoms with Gasteiger partial charge >= 0.3 is 12.5 Å². The highest BCUT2D eigenvalue weighted by molar-refractivity contribution is 6.07. The lowest BCUT2D eigenvalue weighted by atomic mass is 10.1. The van der Waals surface area contributed by atoms with E-state index in [9.17, 15) is 44.7 Å². The van der Waals surface area contributed by atoms with Crippen LogP contribution in [0.15, 0.2) is 48.7 Å². The Kier molecular flexibility index (Phi) is 7.17.